The van der Waals surface area contributed by atoms with E-state index in [0.29, 0.717) is 6.54 Å². The SMILES string of the molecule is COc1ccc(-c2ccc(C)n2CCN)cc1OC. The number of nitrogens with two attached hydrogens (primary N) is 1. The highest BCUT2D eigenvalue weighted by atomic mass is 16.5. The van der Waals surface area contributed by atoms with E-state index in [1.54, 1.807) is 14.2 Å². The van der Waals surface area contributed by atoms with Crippen molar-refractivity contribution in [2.45, 2.75) is 13.5 Å². The summed E-state index contributed by atoms with van der Waals surface area (Å²) in [7, 11) is 3.28. The van der Waals surface area contributed by atoms with Crippen LogP contribution >= 0.6 is 0 Å². The molecule has 0 bridgehead atoms. The van der Waals surface area contributed by atoms with Gasteiger partial charge in [0.1, 0.15) is 0 Å². The molecule has 4 heteroatoms. The van der Waals surface area contributed by atoms with Crippen LogP contribution in [0.15, 0.2) is 30.3 Å². The van der Waals surface area contributed by atoms with Gasteiger partial charge in [-0.1, -0.05) is 0 Å². The fourth-order valence-electron chi connectivity index (χ4n) is 2.24. The third-order valence-electron chi connectivity index (χ3n) is 3.23. The largest absolute Gasteiger partial charge is 0.493 e. The first-order valence-electron chi connectivity index (χ1n) is 6.30. The van der Waals surface area contributed by atoms with Gasteiger partial charge in [0.05, 0.1) is 14.2 Å². The Bertz CT molecular complexity index is 561. The maximum Gasteiger partial charge on any atom is 0.161 e. The lowest BCUT2D eigenvalue weighted by Crippen LogP contribution is -2.11. The second-order valence-corrected chi connectivity index (χ2v) is 4.37. The molecule has 0 fully saturated rings. The molecule has 0 saturated carbocycles. The van der Waals surface area contributed by atoms with Crippen LogP contribution in [0.5, 0.6) is 11.5 Å². The van der Waals surface area contributed by atoms with Crippen LogP contribution in [0.3, 0.4) is 0 Å². The molecule has 0 aliphatic rings. The van der Waals surface area contributed by atoms with Crippen molar-refractivity contribution in [1.82, 2.24) is 4.57 Å². The molecule has 0 spiro atoms. The van der Waals surface area contributed by atoms with Gasteiger partial charge in [-0.3, -0.25) is 0 Å². The number of aromatic nitrogens is 1. The summed E-state index contributed by atoms with van der Waals surface area (Å²) in [5.41, 5.74) is 9.11. The zero-order valence-corrected chi connectivity index (χ0v) is 11.6. The first-order valence-corrected chi connectivity index (χ1v) is 6.30. The van der Waals surface area contributed by atoms with Crippen LogP contribution in [0.1, 0.15) is 5.69 Å². The van der Waals surface area contributed by atoms with E-state index < -0.39 is 0 Å². The van der Waals surface area contributed by atoms with Gasteiger partial charge in [0.15, 0.2) is 11.5 Å². The summed E-state index contributed by atoms with van der Waals surface area (Å²) >= 11 is 0. The Hall–Kier alpha value is -1.94. The number of ether oxygens (including phenoxy) is 2. The third-order valence-corrected chi connectivity index (χ3v) is 3.23. The number of methoxy groups -OCH3 is 2. The van der Waals surface area contributed by atoms with E-state index in [9.17, 15) is 0 Å². The van der Waals surface area contributed by atoms with E-state index in [1.807, 2.05) is 18.2 Å². The topological polar surface area (TPSA) is 49.4 Å². The lowest BCUT2D eigenvalue weighted by atomic mass is 10.1. The van der Waals surface area contributed by atoms with Crippen LogP contribution in [0.4, 0.5) is 0 Å². The maximum absolute atomic E-state index is 5.67. The third kappa shape index (κ3) is 2.58. The van der Waals surface area contributed by atoms with Crippen LogP contribution in [0.25, 0.3) is 11.3 Å². The summed E-state index contributed by atoms with van der Waals surface area (Å²) in [6.45, 7) is 3.51. The second-order valence-electron chi connectivity index (χ2n) is 4.37. The predicted octanol–water partition coefficient (Wildman–Crippen LogP) is 2.44. The van der Waals surface area contributed by atoms with E-state index in [0.717, 1.165) is 29.3 Å². The lowest BCUT2D eigenvalue weighted by Gasteiger charge is -2.13. The minimum absolute atomic E-state index is 0.621. The van der Waals surface area contributed by atoms with Crippen molar-refractivity contribution in [2.75, 3.05) is 20.8 Å². The summed E-state index contributed by atoms with van der Waals surface area (Å²) in [6, 6.07) is 10.1. The molecule has 2 aromatic rings. The monoisotopic (exact) mass is 260 g/mol. The van der Waals surface area contributed by atoms with Gasteiger partial charge in [-0.15, -0.1) is 0 Å². The Morgan fingerprint density at radius 2 is 1.79 bits per heavy atom. The van der Waals surface area contributed by atoms with Crippen LogP contribution < -0.4 is 15.2 Å². The number of aryl methyl sites for hydroxylation is 1. The fraction of sp³-hybridized carbons (Fsp3) is 0.333. The average Bonchev–Trinajstić information content (AvgIpc) is 2.80. The van der Waals surface area contributed by atoms with E-state index in [1.165, 1.54) is 5.69 Å². The maximum atomic E-state index is 5.67. The second kappa shape index (κ2) is 5.80. The molecule has 1 aromatic carbocycles. The van der Waals surface area contributed by atoms with Gasteiger partial charge < -0.3 is 19.8 Å². The molecule has 0 amide bonds. The van der Waals surface area contributed by atoms with Crippen molar-refractivity contribution in [1.29, 1.82) is 0 Å². The Morgan fingerprint density at radius 1 is 1.05 bits per heavy atom. The van der Waals surface area contributed by atoms with Crippen molar-refractivity contribution < 1.29 is 9.47 Å². The zero-order valence-electron chi connectivity index (χ0n) is 11.6. The first kappa shape index (κ1) is 13.5. The number of hydrogen-bond donors (Lipinski definition) is 1. The van der Waals surface area contributed by atoms with Crippen molar-refractivity contribution in [2.24, 2.45) is 5.73 Å². The normalized spacial score (nSPS) is 10.5. The predicted molar refractivity (Wildman–Crippen MR) is 76.8 cm³/mol. The van der Waals surface area contributed by atoms with Gasteiger partial charge in [0.2, 0.25) is 0 Å². The molecule has 2 N–H and O–H groups in total. The molecule has 0 radical (unpaired) electrons. The molecule has 0 aliphatic heterocycles. The Labute approximate surface area is 113 Å². The first-order chi connectivity index (χ1) is 9.21. The van der Waals surface area contributed by atoms with Crippen molar-refractivity contribution in [3.05, 3.63) is 36.0 Å². The van der Waals surface area contributed by atoms with E-state index in [4.69, 9.17) is 15.2 Å². The molecule has 2 rings (SSSR count). The van der Waals surface area contributed by atoms with Gasteiger partial charge in [0.25, 0.3) is 0 Å². The average molecular weight is 260 g/mol. The molecule has 0 saturated heterocycles. The van der Waals surface area contributed by atoms with E-state index in [-0.39, 0.29) is 0 Å². The van der Waals surface area contributed by atoms with Gasteiger partial charge in [0, 0.05) is 30.0 Å². The zero-order chi connectivity index (χ0) is 13.8. The summed E-state index contributed by atoms with van der Waals surface area (Å²) in [5, 5.41) is 0. The van der Waals surface area contributed by atoms with Crippen molar-refractivity contribution in [3.8, 4) is 22.8 Å². The Balaban J connectivity index is 2.47. The molecule has 19 heavy (non-hydrogen) atoms. The Morgan fingerprint density at radius 3 is 2.42 bits per heavy atom. The molecule has 1 aromatic heterocycles. The Kier molecular flexibility index (Phi) is 4.12. The summed E-state index contributed by atoms with van der Waals surface area (Å²) in [6.07, 6.45) is 0. The van der Waals surface area contributed by atoms with Gasteiger partial charge in [-0.05, 0) is 37.3 Å². The fourth-order valence-corrected chi connectivity index (χ4v) is 2.24. The molecule has 0 atom stereocenters. The molecule has 1 heterocycles. The standard InChI is InChI=1S/C15H20N2O2/c1-11-4-6-13(17(11)9-8-16)12-5-7-14(18-2)15(10-12)19-3/h4-7,10H,8-9,16H2,1-3H3. The molecular formula is C15H20N2O2. The summed E-state index contributed by atoms with van der Waals surface area (Å²) in [5.74, 6) is 1.47. The quantitative estimate of drug-likeness (QED) is 0.898. The van der Waals surface area contributed by atoms with Crippen LogP contribution in [-0.2, 0) is 6.54 Å². The van der Waals surface area contributed by atoms with Crippen molar-refractivity contribution >= 4 is 0 Å². The lowest BCUT2D eigenvalue weighted by molar-refractivity contribution is 0.355. The number of nitrogens with zero attached hydrogens (tertiary/aromatic N) is 1. The van der Waals surface area contributed by atoms with E-state index in [2.05, 4.69) is 23.6 Å². The van der Waals surface area contributed by atoms with E-state index >= 15 is 0 Å². The van der Waals surface area contributed by atoms with Gasteiger partial charge in [-0.25, -0.2) is 0 Å². The molecule has 0 aliphatic carbocycles. The molecule has 4 nitrogen and oxygen atoms in total. The minimum atomic E-state index is 0.621. The number of benzene rings is 1. The smallest absolute Gasteiger partial charge is 0.161 e. The van der Waals surface area contributed by atoms with Gasteiger partial charge in [-0.2, -0.15) is 0 Å². The minimum Gasteiger partial charge on any atom is -0.493 e. The molecule has 0 unspecified atom stereocenters. The molecule has 102 valence electrons. The molecular weight excluding hydrogens is 240 g/mol. The highest BCUT2D eigenvalue weighted by Gasteiger charge is 2.10. The van der Waals surface area contributed by atoms with Gasteiger partial charge >= 0.3 is 0 Å². The van der Waals surface area contributed by atoms with Crippen LogP contribution in [0, 0.1) is 6.92 Å². The highest BCUT2D eigenvalue weighted by molar-refractivity contribution is 5.65. The van der Waals surface area contributed by atoms with Crippen molar-refractivity contribution in [3.63, 3.8) is 0 Å². The number of hydrogen-bond acceptors (Lipinski definition) is 3. The summed E-state index contributed by atoms with van der Waals surface area (Å²) < 4.78 is 12.8. The number of rotatable bonds is 5. The van der Waals surface area contributed by atoms with Crippen LogP contribution in [0.2, 0.25) is 0 Å². The van der Waals surface area contributed by atoms with Crippen LogP contribution in [-0.4, -0.2) is 25.3 Å². The highest BCUT2D eigenvalue weighted by Crippen LogP contribution is 2.32. The summed E-state index contributed by atoms with van der Waals surface area (Å²) in [4.78, 5) is 0.